The molecule has 110 valence electrons. The lowest BCUT2D eigenvalue weighted by atomic mass is 10.0. The zero-order chi connectivity index (χ0) is 15.6. The monoisotopic (exact) mass is 315 g/mol. The Morgan fingerprint density at radius 2 is 1.81 bits per heavy atom. The molecule has 0 fully saturated rings. The van der Waals surface area contributed by atoms with Crippen molar-refractivity contribution in [3.63, 3.8) is 0 Å². The van der Waals surface area contributed by atoms with Gasteiger partial charge >= 0.3 is 12.1 Å². The van der Waals surface area contributed by atoms with Crippen molar-refractivity contribution in [3.05, 3.63) is 52.7 Å². The summed E-state index contributed by atoms with van der Waals surface area (Å²) in [5.41, 5.74) is -0.261. The molecule has 0 aliphatic heterocycles. The van der Waals surface area contributed by atoms with Gasteiger partial charge in [-0.3, -0.25) is 4.98 Å². The average Bonchev–Trinajstić information content (AvgIpc) is 2.45. The SMILES string of the molecule is COC(=O)c1c(Cl)ccnc1-c1ccc(C(F)(F)F)cc1. The standard InChI is InChI=1S/C14H9ClF3NO2/c1-21-13(20)11-10(15)6-7-19-12(11)8-2-4-9(5-3-8)14(16,17)18/h2-7H,1H3. The van der Waals surface area contributed by atoms with E-state index in [0.717, 1.165) is 12.1 Å². The highest BCUT2D eigenvalue weighted by molar-refractivity contribution is 6.34. The number of nitrogens with zero attached hydrogens (tertiary/aromatic N) is 1. The average molecular weight is 316 g/mol. The van der Waals surface area contributed by atoms with Gasteiger partial charge in [-0.25, -0.2) is 4.79 Å². The van der Waals surface area contributed by atoms with Gasteiger partial charge in [-0.1, -0.05) is 23.7 Å². The van der Waals surface area contributed by atoms with E-state index in [1.165, 1.54) is 31.5 Å². The van der Waals surface area contributed by atoms with Gasteiger partial charge in [-0.15, -0.1) is 0 Å². The lowest BCUT2D eigenvalue weighted by Gasteiger charge is -2.10. The summed E-state index contributed by atoms with van der Waals surface area (Å²) in [6, 6.07) is 5.70. The Labute approximate surface area is 123 Å². The number of benzene rings is 1. The molecule has 21 heavy (non-hydrogen) atoms. The Hall–Kier alpha value is -2.08. The van der Waals surface area contributed by atoms with E-state index in [4.69, 9.17) is 11.6 Å². The molecule has 0 aliphatic rings. The molecule has 1 aromatic carbocycles. The maximum absolute atomic E-state index is 12.5. The third-order valence-electron chi connectivity index (χ3n) is 2.78. The fourth-order valence-electron chi connectivity index (χ4n) is 1.77. The number of hydrogen-bond acceptors (Lipinski definition) is 3. The van der Waals surface area contributed by atoms with Crippen molar-refractivity contribution in [2.45, 2.75) is 6.18 Å². The molecule has 3 nitrogen and oxygen atoms in total. The number of pyridine rings is 1. The van der Waals surface area contributed by atoms with Crippen LogP contribution in [-0.4, -0.2) is 18.1 Å². The molecule has 2 aromatic rings. The molecule has 0 unspecified atom stereocenters. The highest BCUT2D eigenvalue weighted by atomic mass is 35.5. The Balaban J connectivity index is 2.52. The molecule has 1 aromatic heterocycles. The van der Waals surface area contributed by atoms with Gasteiger partial charge in [0.15, 0.2) is 0 Å². The molecule has 0 saturated carbocycles. The van der Waals surface area contributed by atoms with Crippen LogP contribution in [-0.2, 0) is 10.9 Å². The first-order chi connectivity index (χ1) is 9.84. The summed E-state index contributed by atoms with van der Waals surface area (Å²) in [6.07, 6.45) is -3.06. The summed E-state index contributed by atoms with van der Waals surface area (Å²) < 4.78 is 42.2. The topological polar surface area (TPSA) is 39.2 Å². The number of hydrogen-bond donors (Lipinski definition) is 0. The molecule has 0 radical (unpaired) electrons. The number of esters is 1. The van der Waals surface area contributed by atoms with Crippen LogP contribution in [0.4, 0.5) is 13.2 Å². The van der Waals surface area contributed by atoms with Crippen LogP contribution in [0.1, 0.15) is 15.9 Å². The number of halogens is 4. The van der Waals surface area contributed by atoms with Crippen molar-refractivity contribution in [3.8, 4) is 11.3 Å². The van der Waals surface area contributed by atoms with Crippen LogP contribution in [0.5, 0.6) is 0 Å². The normalized spacial score (nSPS) is 11.3. The van der Waals surface area contributed by atoms with Gasteiger partial charge in [0, 0.05) is 11.8 Å². The molecule has 0 N–H and O–H groups in total. The molecule has 7 heteroatoms. The van der Waals surface area contributed by atoms with Crippen molar-refractivity contribution in [2.75, 3.05) is 7.11 Å². The summed E-state index contributed by atoms with van der Waals surface area (Å²) >= 11 is 5.94. The molecule has 2 rings (SSSR count). The van der Waals surface area contributed by atoms with Crippen molar-refractivity contribution in [1.82, 2.24) is 4.98 Å². The first-order valence-electron chi connectivity index (χ1n) is 5.75. The van der Waals surface area contributed by atoms with E-state index in [1.54, 1.807) is 0 Å². The predicted molar refractivity (Wildman–Crippen MR) is 71.0 cm³/mol. The molecule has 0 bridgehead atoms. The number of carbonyl (C=O) groups excluding carboxylic acids is 1. The van der Waals surface area contributed by atoms with Gasteiger partial charge in [0.1, 0.15) is 5.56 Å². The second-order valence-corrected chi connectivity index (χ2v) is 4.49. The van der Waals surface area contributed by atoms with E-state index in [0.29, 0.717) is 5.56 Å². The Morgan fingerprint density at radius 3 is 2.33 bits per heavy atom. The van der Waals surface area contributed by atoms with Gasteiger partial charge in [0.25, 0.3) is 0 Å². The maximum Gasteiger partial charge on any atom is 0.416 e. The first kappa shape index (κ1) is 15.3. The Bertz CT molecular complexity index is 669. The molecule has 0 spiro atoms. The van der Waals surface area contributed by atoms with Gasteiger partial charge in [0.05, 0.1) is 23.4 Å². The number of rotatable bonds is 2. The molecule has 1 heterocycles. The molecule has 0 amide bonds. The number of aromatic nitrogens is 1. The molecular formula is C14H9ClF3NO2. The van der Waals surface area contributed by atoms with E-state index < -0.39 is 17.7 Å². The molecule has 0 atom stereocenters. The van der Waals surface area contributed by atoms with Gasteiger partial charge in [0.2, 0.25) is 0 Å². The minimum Gasteiger partial charge on any atom is -0.465 e. The summed E-state index contributed by atoms with van der Waals surface area (Å²) in [5, 5.41) is 0.117. The number of methoxy groups -OCH3 is 1. The number of carbonyl (C=O) groups is 1. The zero-order valence-electron chi connectivity index (χ0n) is 10.7. The smallest absolute Gasteiger partial charge is 0.416 e. The van der Waals surface area contributed by atoms with Gasteiger partial charge < -0.3 is 4.74 Å². The van der Waals surface area contributed by atoms with Gasteiger partial charge in [-0.2, -0.15) is 13.2 Å². The van der Waals surface area contributed by atoms with E-state index in [2.05, 4.69) is 9.72 Å². The Kier molecular flexibility index (Phi) is 4.18. The summed E-state index contributed by atoms with van der Waals surface area (Å²) in [5.74, 6) is -0.706. The third kappa shape index (κ3) is 3.16. The van der Waals surface area contributed by atoms with E-state index in [9.17, 15) is 18.0 Å². The van der Waals surface area contributed by atoms with Crippen molar-refractivity contribution in [1.29, 1.82) is 0 Å². The zero-order valence-corrected chi connectivity index (χ0v) is 11.5. The molecular weight excluding hydrogens is 307 g/mol. The van der Waals surface area contributed by atoms with Crippen molar-refractivity contribution < 1.29 is 22.7 Å². The van der Waals surface area contributed by atoms with Crippen LogP contribution in [0.25, 0.3) is 11.3 Å². The maximum atomic E-state index is 12.5. The minimum atomic E-state index is -4.43. The van der Waals surface area contributed by atoms with Crippen molar-refractivity contribution in [2.24, 2.45) is 0 Å². The molecule has 0 aliphatic carbocycles. The first-order valence-corrected chi connectivity index (χ1v) is 6.13. The highest BCUT2D eigenvalue weighted by Gasteiger charge is 2.30. The number of ether oxygens (including phenoxy) is 1. The second kappa shape index (κ2) is 5.73. The highest BCUT2D eigenvalue weighted by Crippen LogP contribution is 2.32. The summed E-state index contributed by atoms with van der Waals surface area (Å²) in [4.78, 5) is 15.7. The minimum absolute atomic E-state index is 0.0152. The van der Waals surface area contributed by atoms with Crippen LogP contribution < -0.4 is 0 Å². The van der Waals surface area contributed by atoms with Crippen LogP contribution in [0.15, 0.2) is 36.5 Å². The van der Waals surface area contributed by atoms with E-state index in [-0.39, 0.29) is 16.3 Å². The van der Waals surface area contributed by atoms with Crippen molar-refractivity contribution >= 4 is 17.6 Å². The summed E-state index contributed by atoms with van der Waals surface area (Å²) in [7, 11) is 1.18. The molecule has 0 saturated heterocycles. The second-order valence-electron chi connectivity index (χ2n) is 4.08. The van der Waals surface area contributed by atoms with Crippen LogP contribution in [0.2, 0.25) is 5.02 Å². The fraction of sp³-hybridized carbons (Fsp3) is 0.143. The third-order valence-corrected chi connectivity index (χ3v) is 3.09. The van der Waals surface area contributed by atoms with Crippen LogP contribution in [0, 0.1) is 0 Å². The lowest BCUT2D eigenvalue weighted by molar-refractivity contribution is -0.137. The lowest BCUT2D eigenvalue weighted by Crippen LogP contribution is -2.07. The summed E-state index contributed by atoms with van der Waals surface area (Å²) in [6.45, 7) is 0. The van der Waals surface area contributed by atoms with Gasteiger partial charge in [-0.05, 0) is 18.2 Å². The number of alkyl halides is 3. The van der Waals surface area contributed by atoms with E-state index >= 15 is 0 Å². The largest absolute Gasteiger partial charge is 0.465 e. The Morgan fingerprint density at radius 1 is 1.19 bits per heavy atom. The van der Waals surface area contributed by atoms with E-state index in [1.807, 2.05) is 0 Å². The predicted octanol–water partition coefficient (Wildman–Crippen LogP) is 4.21. The fourth-order valence-corrected chi connectivity index (χ4v) is 1.99. The van der Waals surface area contributed by atoms with Crippen LogP contribution >= 0.6 is 11.6 Å². The quantitative estimate of drug-likeness (QED) is 0.779. The van der Waals surface area contributed by atoms with Crippen LogP contribution in [0.3, 0.4) is 0 Å².